The average Bonchev–Trinajstić information content (AvgIpc) is 2.36. The summed E-state index contributed by atoms with van der Waals surface area (Å²) in [6.45, 7) is 13.6. The standard InChI is InChI=1S/C18H38NP/c1-7-19-17(2,3)15-13-11-9-8-10-12-14-16-18(4,5)20-6/h7,20H,8-16H2,1-6H3. The lowest BCUT2D eigenvalue weighted by molar-refractivity contribution is 0.443. The maximum Gasteiger partial charge on any atom is 0.0548 e. The van der Waals surface area contributed by atoms with E-state index >= 15 is 0 Å². The third-order valence-corrected chi connectivity index (χ3v) is 5.85. The molecule has 0 aromatic rings. The van der Waals surface area contributed by atoms with Crippen molar-refractivity contribution in [2.45, 2.75) is 103 Å². The van der Waals surface area contributed by atoms with Crippen LogP contribution in [-0.2, 0) is 0 Å². The Labute approximate surface area is 130 Å². The van der Waals surface area contributed by atoms with Gasteiger partial charge >= 0.3 is 0 Å². The van der Waals surface area contributed by atoms with E-state index in [1.54, 1.807) is 0 Å². The third-order valence-electron chi connectivity index (χ3n) is 4.25. The first-order valence-electron chi connectivity index (χ1n) is 8.52. The third kappa shape index (κ3) is 11.9. The molecule has 0 aromatic heterocycles. The van der Waals surface area contributed by atoms with Crippen LogP contribution in [0.2, 0.25) is 0 Å². The smallest absolute Gasteiger partial charge is 0.0548 e. The Morgan fingerprint density at radius 2 is 1.25 bits per heavy atom. The molecule has 20 heavy (non-hydrogen) atoms. The van der Waals surface area contributed by atoms with Crippen LogP contribution in [0.15, 0.2) is 4.99 Å². The number of aliphatic imine (C=N–C) groups is 1. The van der Waals surface area contributed by atoms with E-state index in [1.165, 1.54) is 57.8 Å². The Morgan fingerprint density at radius 3 is 1.70 bits per heavy atom. The Hall–Kier alpha value is 0.100. The molecule has 1 atom stereocenters. The topological polar surface area (TPSA) is 12.4 Å². The monoisotopic (exact) mass is 299 g/mol. The first-order valence-corrected chi connectivity index (χ1v) is 10.0. The molecule has 0 fully saturated rings. The summed E-state index contributed by atoms with van der Waals surface area (Å²) in [4.78, 5) is 4.52. The van der Waals surface area contributed by atoms with E-state index in [0.29, 0.717) is 5.16 Å². The van der Waals surface area contributed by atoms with E-state index in [4.69, 9.17) is 0 Å². The minimum Gasteiger partial charge on any atom is -0.292 e. The molecule has 1 nitrogen and oxygen atoms in total. The highest BCUT2D eigenvalue weighted by molar-refractivity contribution is 7.38. The summed E-state index contributed by atoms with van der Waals surface area (Å²) >= 11 is 0. The molecule has 0 rings (SSSR count). The molecule has 0 saturated carbocycles. The fourth-order valence-corrected chi connectivity index (χ4v) is 2.97. The second kappa shape index (κ2) is 10.8. The average molecular weight is 299 g/mol. The number of rotatable bonds is 12. The van der Waals surface area contributed by atoms with Gasteiger partial charge in [0.05, 0.1) is 5.54 Å². The second-order valence-corrected chi connectivity index (χ2v) is 9.16. The van der Waals surface area contributed by atoms with E-state index < -0.39 is 0 Å². The van der Waals surface area contributed by atoms with Gasteiger partial charge in [0, 0.05) is 0 Å². The summed E-state index contributed by atoms with van der Waals surface area (Å²) in [5.74, 6) is 0. The van der Waals surface area contributed by atoms with Crippen molar-refractivity contribution in [1.29, 1.82) is 0 Å². The van der Waals surface area contributed by atoms with Crippen molar-refractivity contribution in [2.24, 2.45) is 4.99 Å². The molecule has 0 bridgehead atoms. The van der Waals surface area contributed by atoms with Gasteiger partial charge in [-0.15, -0.1) is 8.58 Å². The lowest BCUT2D eigenvalue weighted by Crippen LogP contribution is -2.16. The first kappa shape index (κ1) is 20.1. The Balaban J connectivity index is 3.38. The van der Waals surface area contributed by atoms with Gasteiger partial charge in [0.25, 0.3) is 0 Å². The van der Waals surface area contributed by atoms with Gasteiger partial charge in [-0.25, -0.2) is 0 Å². The van der Waals surface area contributed by atoms with Crippen LogP contribution in [0.25, 0.3) is 0 Å². The summed E-state index contributed by atoms with van der Waals surface area (Å²) in [5, 5.41) is 0.589. The number of hydrogen-bond acceptors (Lipinski definition) is 1. The van der Waals surface area contributed by atoms with Gasteiger partial charge in [-0.05, 0) is 51.6 Å². The molecule has 0 heterocycles. The Kier molecular flexibility index (Phi) is 10.8. The molecule has 0 aliphatic carbocycles. The molecule has 1 unspecified atom stereocenters. The molecule has 0 spiro atoms. The van der Waals surface area contributed by atoms with E-state index in [9.17, 15) is 0 Å². The Bertz CT molecular complexity index is 256. The maximum atomic E-state index is 4.52. The summed E-state index contributed by atoms with van der Waals surface area (Å²) in [7, 11) is 1.08. The second-order valence-electron chi connectivity index (χ2n) is 7.31. The quantitative estimate of drug-likeness (QED) is 0.223. The molecule has 0 amide bonds. The molecule has 0 saturated heterocycles. The highest BCUT2D eigenvalue weighted by Gasteiger charge is 2.14. The molecule has 120 valence electrons. The lowest BCUT2D eigenvalue weighted by atomic mass is 9.96. The van der Waals surface area contributed by atoms with Gasteiger partial charge in [0.1, 0.15) is 0 Å². The zero-order valence-corrected chi connectivity index (χ0v) is 15.9. The normalized spacial score (nSPS) is 13.9. The lowest BCUT2D eigenvalue weighted by Gasteiger charge is -2.22. The van der Waals surface area contributed by atoms with Gasteiger partial charge in [-0.1, -0.05) is 58.8 Å². The maximum absolute atomic E-state index is 4.52. The highest BCUT2D eigenvalue weighted by atomic mass is 31.1. The van der Waals surface area contributed by atoms with Gasteiger partial charge in [-0.3, -0.25) is 4.99 Å². The van der Waals surface area contributed by atoms with Gasteiger partial charge < -0.3 is 0 Å². The molecule has 0 radical (unpaired) electrons. The fourth-order valence-electron chi connectivity index (χ4n) is 2.55. The first-order chi connectivity index (χ1) is 9.33. The zero-order valence-electron chi connectivity index (χ0n) is 14.9. The van der Waals surface area contributed by atoms with Crippen molar-refractivity contribution in [1.82, 2.24) is 0 Å². The largest absolute Gasteiger partial charge is 0.292 e. The summed E-state index contributed by atoms with van der Waals surface area (Å²) in [6, 6.07) is 0. The zero-order chi connectivity index (χ0) is 15.5. The van der Waals surface area contributed by atoms with E-state index in [1.807, 2.05) is 13.1 Å². The summed E-state index contributed by atoms with van der Waals surface area (Å²) in [6.07, 6.45) is 14.4. The SMILES string of the molecule is CC=NC(C)(C)CCCCCCCCCC(C)(C)PC. The predicted octanol–water partition coefficient (Wildman–Crippen LogP) is 6.45. The van der Waals surface area contributed by atoms with Crippen LogP contribution in [0, 0.1) is 0 Å². The molecule has 0 aromatic carbocycles. The van der Waals surface area contributed by atoms with Gasteiger partial charge in [0.2, 0.25) is 0 Å². The van der Waals surface area contributed by atoms with Crippen LogP contribution < -0.4 is 0 Å². The van der Waals surface area contributed by atoms with Crippen LogP contribution in [0.1, 0.15) is 92.4 Å². The van der Waals surface area contributed by atoms with Crippen molar-refractivity contribution in [3.8, 4) is 0 Å². The fraction of sp³-hybridized carbons (Fsp3) is 0.944. The number of unbranched alkanes of at least 4 members (excludes halogenated alkanes) is 6. The van der Waals surface area contributed by atoms with Crippen molar-refractivity contribution in [2.75, 3.05) is 6.66 Å². The number of hydrogen-bond donors (Lipinski definition) is 0. The molecule has 2 heteroatoms. The van der Waals surface area contributed by atoms with Crippen LogP contribution in [0.5, 0.6) is 0 Å². The highest BCUT2D eigenvalue weighted by Crippen LogP contribution is 2.32. The summed E-state index contributed by atoms with van der Waals surface area (Å²) < 4.78 is 0. The van der Waals surface area contributed by atoms with Crippen LogP contribution >= 0.6 is 8.58 Å². The summed E-state index contributed by atoms with van der Waals surface area (Å²) in [5.41, 5.74) is 0.154. The van der Waals surface area contributed by atoms with Crippen molar-refractivity contribution >= 4 is 14.8 Å². The van der Waals surface area contributed by atoms with Crippen molar-refractivity contribution in [3.05, 3.63) is 0 Å². The number of nitrogens with zero attached hydrogens (tertiary/aromatic N) is 1. The molecule has 0 aliphatic heterocycles. The minimum atomic E-state index is 0.154. The van der Waals surface area contributed by atoms with E-state index in [0.717, 1.165) is 8.58 Å². The van der Waals surface area contributed by atoms with Crippen LogP contribution in [0.4, 0.5) is 0 Å². The molecular formula is C18H38NP. The van der Waals surface area contributed by atoms with E-state index in [-0.39, 0.29) is 5.54 Å². The minimum absolute atomic E-state index is 0.154. The molecule has 0 aliphatic rings. The van der Waals surface area contributed by atoms with E-state index in [2.05, 4.69) is 39.4 Å². The molecular weight excluding hydrogens is 261 g/mol. The van der Waals surface area contributed by atoms with Crippen molar-refractivity contribution in [3.63, 3.8) is 0 Å². The Morgan fingerprint density at radius 1 is 0.800 bits per heavy atom. The van der Waals surface area contributed by atoms with Crippen molar-refractivity contribution < 1.29 is 0 Å². The van der Waals surface area contributed by atoms with Crippen LogP contribution in [0.3, 0.4) is 0 Å². The predicted molar refractivity (Wildman–Crippen MR) is 98.1 cm³/mol. The van der Waals surface area contributed by atoms with Gasteiger partial charge in [-0.2, -0.15) is 0 Å². The van der Waals surface area contributed by atoms with Gasteiger partial charge in [0.15, 0.2) is 0 Å². The van der Waals surface area contributed by atoms with Crippen LogP contribution in [-0.4, -0.2) is 23.6 Å². The molecule has 0 N–H and O–H groups in total.